The molecule has 0 atom stereocenters. The second kappa shape index (κ2) is 24.0. The molecule has 3 heterocycles. The van der Waals surface area contributed by atoms with Crippen LogP contribution in [0.15, 0.2) is 364 Å². The topological polar surface area (TPSA) is 0 Å². The van der Waals surface area contributed by atoms with E-state index in [1.165, 1.54) is 224 Å². The summed E-state index contributed by atoms with van der Waals surface area (Å²) in [6.45, 7) is 0. The monoisotopic (exact) mass is 1380 g/mol. The molecule has 0 N–H and O–H groups in total. The standard InChI is InChI=1S/C60H36.C42H24S3/c1-4-19-49-43(13-1)46-16-7-10-22-52(46)58-34-37(25-28-55(49)58)40-31-41(38-26-29-56-50-20-5-2-14-44(50)47-17-8-11-23-53(47)59(56)35-38)33-42(32-40)39-27-30-57-51-21-6-3-15-45(51)48-18-9-12-24-54(48)60(57)36-39;1-4-19-37-31(10-1)34-16-7-13-28(40(34)43-37)25-22-26(29-14-8-17-35-32-11-2-5-20-38(32)44-41(29)35)24-27(23-25)30-15-9-18-36-33-12-3-6-21-39(33)45-42(30)36/h1-36H;1-24H. The van der Waals surface area contributed by atoms with Crippen LogP contribution in [0, 0.1) is 0 Å². The number of fused-ring (bicyclic) bond motifs is 27. The largest absolute Gasteiger partial charge is 0.135 e. The van der Waals surface area contributed by atoms with E-state index < -0.39 is 0 Å². The smallest absolute Gasteiger partial charge is 0.0433 e. The molecule has 0 amide bonds. The molecule has 23 aromatic rings. The highest BCUT2D eigenvalue weighted by molar-refractivity contribution is 7.27. The van der Waals surface area contributed by atoms with E-state index in [9.17, 15) is 0 Å². The zero-order chi connectivity index (χ0) is 68.8. The van der Waals surface area contributed by atoms with Gasteiger partial charge in [0.25, 0.3) is 0 Å². The molecule has 0 radical (unpaired) electrons. The van der Waals surface area contributed by atoms with Crippen LogP contribution in [0.3, 0.4) is 0 Å². The second-order valence-electron chi connectivity index (χ2n) is 28.0. The first-order chi connectivity index (χ1) is 52.0. The molecule has 0 saturated carbocycles. The quantitative estimate of drug-likeness (QED) is 0.146. The van der Waals surface area contributed by atoms with Crippen LogP contribution in [0.1, 0.15) is 0 Å². The summed E-state index contributed by atoms with van der Waals surface area (Å²) >= 11 is 5.70. The van der Waals surface area contributed by atoms with Gasteiger partial charge in [-0.25, -0.2) is 0 Å². The zero-order valence-electron chi connectivity index (χ0n) is 56.9. The zero-order valence-corrected chi connectivity index (χ0v) is 59.3. The van der Waals surface area contributed by atoms with Gasteiger partial charge >= 0.3 is 0 Å². The molecule has 0 bridgehead atoms. The van der Waals surface area contributed by atoms with E-state index in [1.54, 1.807) is 0 Å². The molecule has 0 aliphatic rings. The van der Waals surface area contributed by atoms with Crippen molar-refractivity contribution in [3.8, 4) is 66.8 Å². The molecule has 0 fully saturated rings. The van der Waals surface area contributed by atoms with Crippen LogP contribution in [0.25, 0.3) is 224 Å². The molecule has 0 aliphatic heterocycles. The molecule has 3 aromatic heterocycles. The van der Waals surface area contributed by atoms with Gasteiger partial charge in [-0.2, -0.15) is 0 Å². The third-order valence-electron chi connectivity index (χ3n) is 22.2. The molecule has 20 aromatic carbocycles. The van der Waals surface area contributed by atoms with Crippen LogP contribution in [0.5, 0.6) is 0 Å². The molecule has 0 nitrogen and oxygen atoms in total. The maximum absolute atomic E-state index is 2.42. The number of benzene rings is 20. The Morgan fingerprint density at radius 3 is 0.552 bits per heavy atom. The number of rotatable bonds is 6. The average Bonchev–Trinajstić information content (AvgIpc) is 1.55. The summed E-state index contributed by atoms with van der Waals surface area (Å²) in [5.74, 6) is 0. The van der Waals surface area contributed by atoms with Gasteiger partial charge in [0.2, 0.25) is 0 Å². The highest BCUT2D eigenvalue weighted by Crippen LogP contribution is 2.49. The van der Waals surface area contributed by atoms with Crippen LogP contribution >= 0.6 is 34.0 Å². The van der Waals surface area contributed by atoms with E-state index >= 15 is 0 Å². The lowest BCUT2D eigenvalue weighted by atomic mass is 9.88. The van der Waals surface area contributed by atoms with Crippen molar-refractivity contribution < 1.29 is 0 Å². The summed E-state index contributed by atoms with van der Waals surface area (Å²) in [4.78, 5) is 0. The van der Waals surface area contributed by atoms with Gasteiger partial charge in [0.15, 0.2) is 0 Å². The Labute approximate surface area is 617 Å². The number of hydrogen-bond donors (Lipinski definition) is 0. The summed E-state index contributed by atoms with van der Waals surface area (Å²) in [5.41, 5.74) is 14.9. The van der Waals surface area contributed by atoms with Crippen molar-refractivity contribution in [1.82, 2.24) is 0 Å². The maximum Gasteiger partial charge on any atom is 0.0433 e. The minimum absolute atomic E-state index is 1.20. The van der Waals surface area contributed by atoms with Crippen molar-refractivity contribution in [2.45, 2.75) is 0 Å². The molecule has 0 aliphatic carbocycles. The van der Waals surface area contributed by atoms with Gasteiger partial charge in [-0.1, -0.05) is 291 Å². The molecule has 486 valence electrons. The molecule has 0 saturated heterocycles. The molecular formula is C102H60S3. The third-order valence-corrected chi connectivity index (χ3v) is 25.9. The van der Waals surface area contributed by atoms with E-state index in [2.05, 4.69) is 364 Å². The molecular weight excluding hydrogens is 1320 g/mol. The van der Waals surface area contributed by atoms with E-state index in [-0.39, 0.29) is 0 Å². The average molecular weight is 1380 g/mol. The minimum Gasteiger partial charge on any atom is -0.135 e. The Kier molecular flexibility index (Phi) is 13.7. The van der Waals surface area contributed by atoms with E-state index in [0.29, 0.717) is 0 Å². The summed E-state index contributed by atoms with van der Waals surface area (Å²) < 4.78 is 8.05. The van der Waals surface area contributed by atoms with Crippen molar-refractivity contribution >= 4 is 191 Å². The predicted molar refractivity (Wildman–Crippen MR) is 462 cm³/mol. The van der Waals surface area contributed by atoms with E-state index in [1.807, 2.05) is 34.0 Å². The molecule has 3 heteroatoms. The third kappa shape index (κ3) is 9.63. The Morgan fingerprint density at radius 1 is 0.114 bits per heavy atom. The lowest BCUT2D eigenvalue weighted by Crippen LogP contribution is -1.89. The van der Waals surface area contributed by atoms with Gasteiger partial charge in [0.05, 0.1) is 0 Å². The first kappa shape index (κ1) is 60.0. The van der Waals surface area contributed by atoms with Gasteiger partial charge < -0.3 is 0 Å². The molecule has 0 spiro atoms. The number of hydrogen-bond acceptors (Lipinski definition) is 3. The predicted octanol–water partition coefficient (Wildman–Crippen LogP) is 30.9. The maximum atomic E-state index is 2.42. The van der Waals surface area contributed by atoms with Crippen LogP contribution in [-0.4, -0.2) is 0 Å². The van der Waals surface area contributed by atoms with Crippen LogP contribution in [0.4, 0.5) is 0 Å². The molecule has 105 heavy (non-hydrogen) atoms. The Hall–Kier alpha value is -12.6. The van der Waals surface area contributed by atoms with Crippen molar-refractivity contribution in [3.63, 3.8) is 0 Å². The van der Waals surface area contributed by atoms with E-state index in [0.717, 1.165) is 0 Å². The SMILES string of the molecule is c1ccc2c(c1)c1ccccc1c1cc(-c3cc(-c4ccc5c6ccccc6c6ccccc6c5c4)cc(-c4ccc5c6ccccc6c6ccccc6c5c4)c3)ccc21.c1ccc2c(c1)sc1c(-c3cc(-c4cccc5c4sc4ccccc45)cc(-c4cccc5c4sc4ccccc45)c3)cccc12. The second-order valence-corrected chi connectivity index (χ2v) is 31.2. The highest BCUT2D eigenvalue weighted by atomic mass is 32.1. The fourth-order valence-corrected chi connectivity index (χ4v) is 21.1. The Morgan fingerprint density at radius 2 is 0.305 bits per heavy atom. The minimum atomic E-state index is 1.20. The van der Waals surface area contributed by atoms with Crippen LogP contribution in [-0.2, 0) is 0 Å². The summed E-state index contributed by atoms with van der Waals surface area (Å²) in [5, 5.41) is 31.2. The van der Waals surface area contributed by atoms with Gasteiger partial charge in [0, 0.05) is 60.5 Å². The lowest BCUT2D eigenvalue weighted by molar-refractivity contribution is 1.60. The van der Waals surface area contributed by atoms with Crippen LogP contribution in [0.2, 0.25) is 0 Å². The summed E-state index contributed by atoms with van der Waals surface area (Å²) in [6.07, 6.45) is 0. The van der Waals surface area contributed by atoms with Crippen molar-refractivity contribution in [1.29, 1.82) is 0 Å². The van der Waals surface area contributed by atoms with Gasteiger partial charge in [-0.05, 0) is 237 Å². The normalized spacial score (nSPS) is 12.0. The number of thiophene rings is 3. The Balaban J connectivity index is 0.000000137. The van der Waals surface area contributed by atoms with Gasteiger partial charge in [-0.3, -0.25) is 0 Å². The summed E-state index contributed by atoms with van der Waals surface area (Å²) in [6, 6.07) is 136. The fraction of sp³-hybridized carbons (Fsp3) is 0. The van der Waals surface area contributed by atoms with Crippen molar-refractivity contribution in [2.24, 2.45) is 0 Å². The lowest BCUT2D eigenvalue weighted by Gasteiger charge is -2.16. The van der Waals surface area contributed by atoms with Gasteiger partial charge in [-0.15, -0.1) is 34.0 Å². The fourth-order valence-electron chi connectivity index (χ4n) is 17.4. The highest BCUT2D eigenvalue weighted by Gasteiger charge is 2.21. The first-order valence-corrected chi connectivity index (χ1v) is 38.5. The van der Waals surface area contributed by atoms with E-state index in [4.69, 9.17) is 0 Å². The molecule has 0 unspecified atom stereocenters. The Bertz CT molecular complexity index is 6760. The molecule has 23 rings (SSSR count). The van der Waals surface area contributed by atoms with Crippen molar-refractivity contribution in [3.05, 3.63) is 364 Å². The van der Waals surface area contributed by atoms with Gasteiger partial charge in [0.1, 0.15) is 0 Å². The van der Waals surface area contributed by atoms with Crippen LogP contribution < -0.4 is 0 Å². The first-order valence-electron chi connectivity index (χ1n) is 36.1. The van der Waals surface area contributed by atoms with Crippen molar-refractivity contribution in [2.75, 3.05) is 0 Å². The summed E-state index contributed by atoms with van der Waals surface area (Å²) in [7, 11) is 0.